The van der Waals surface area contributed by atoms with E-state index in [0.717, 1.165) is 68.7 Å². The highest BCUT2D eigenvalue weighted by molar-refractivity contribution is 6.10. The van der Waals surface area contributed by atoms with Crippen LogP contribution in [-0.4, -0.2) is 78.4 Å². The van der Waals surface area contributed by atoms with Crippen molar-refractivity contribution in [3.05, 3.63) is 59.4 Å². The van der Waals surface area contributed by atoms with Crippen LogP contribution in [0.25, 0.3) is 0 Å². The normalized spacial score (nSPS) is 28.0. The summed E-state index contributed by atoms with van der Waals surface area (Å²) in [5, 5.41) is 3.19. The lowest BCUT2D eigenvalue weighted by Crippen LogP contribution is -2.56. The predicted molar refractivity (Wildman–Crippen MR) is 141 cm³/mol. The number of amides is 2. The number of carbonyl (C=O) groups excluding carboxylic acids is 3. The summed E-state index contributed by atoms with van der Waals surface area (Å²) < 4.78 is 4.82. The predicted octanol–water partition coefficient (Wildman–Crippen LogP) is 2.31. The Bertz CT molecular complexity index is 1250. The van der Waals surface area contributed by atoms with Crippen LogP contribution in [0, 0.1) is 5.92 Å². The SMILES string of the molecule is COC(=O)c1cccc(CN2CCCNC(=O)[C@@H]3C[C@@H]4CCCN4[C@@]34C(=O)N(CCC2)c2ccccc24)n1. The number of ether oxygens (including phenoxy) is 1. The Morgan fingerprint density at radius 2 is 1.89 bits per heavy atom. The molecule has 1 aromatic heterocycles. The molecule has 0 unspecified atom stereocenters. The Kier molecular flexibility index (Phi) is 6.65. The summed E-state index contributed by atoms with van der Waals surface area (Å²) in [6.07, 6.45) is 4.43. The Morgan fingerprint density at radius 1 is 1.05 bits per heavy atom. The third kappa shape index (κ3) is 3.99. The molecule has 0 aliphatic carbocycles. The zero-order chi connectivity index (χ0) is 26.3. The van der Waals surface area contributed by atoms with Gasteiger partial charge in [0, 0.05) is 50.0 Å². The zero-order valence-corrected chi connectivity index (χ0v) is 21.9. The Labute approximate surface area is 223 Å². The summed E-state index contributed by atoms with van der Waals surface area (Å²) in [7, 11) is 1.35. The number of fused-ring (bicyclic) bond motifs is 4. The number of carbonyl (C=O) groups is 3. The van der Waals surface area contributed by atoms with Crippen LogP contribution in [0.15, 0.2) is 42.5 Å². The third-order valence-electron chi connectivity index (χ3n) is 8.73. The van der Waals surface area contributed by atoms with Crippen molar-refractivity contribution in [2.45, 2.75) is 50.2 Å². The number of methoxy groups -OCH3 is 1. The van der Waals surface area contributed by atoms with Crippen molar-refractivity contribution in [3.8, 4) is 0 Å². The summed E-state index contributed by atoms with van der Waals surface area (Å²) in [6, 6.07) is 13.7. The van der Waals surface area contributed by atoms with E-state index in [9.17, 15) is 14.4 Å². The van der Waals surface area contributed by atoms with E-state index in [1.165, 1.54) is 7.11 Å². The van der Waals surface area contributed by atoms with E-state index in [1.807, 2.05) is 35.2 Å². The van der Waals surface area contributed by atoms with Crippen molar-refractivity contribution < 1.29 is 19.1 Å². The molecule has 5 heterocycles. The highest BCUT2D eigenvalue weighted by Crippen LogP contribution is 2.57. The fourth-order valence-corrected chi connectivity index (χ4v) is 7.16. The smallest absolute Gasteiger partial charge is 0.356 e. The molecule has 2 aromatic rings. The van der Waals surface area contributed by atoms with Crippen LogP contribution >= 0.6 is 0 Å². The van der Waals surface area contributed by atoms with E-state index in [-0.39, 0.29) is 23.8 Å². The van der Waals surface area contributed by atoms with Crippen molar-refractivity contribution >= 4 is 23.5 Å². The minimum atomic E-state index is -0.895. The molecule has 2 bridgehead atoms. The Balaban J connectivity index is 1.29. The molecule has 200 valence electrons. The standard InChI is InChI=1S/C29H35N5O4/c1-38-27(36)24-11-4-8-20(31-24)19-32-14-6-13-30-26(35)23-18-21-9-5-17-34(21)29(23)22-10-2-3-12-25(22)33(28(29)37)16-7-15-32/h2-4,8,10-12,21,23H,5-7,9,13-19H2,1H3,(H,30,35)/t21-,23-,29+/m0/s1. The molecule has 0 radical (unpaired) electrons. The minimum Gasteiger partial charge on any atom is -0.464 e. The molecule has 1 N–H and O–H groups in total. The number of rotatable bonds is 3. The van der Waals surface area contributed by atoms with E-state index in [0.29, 0.717) is 25.3 Å². The maximum Gasteiger partial charge on any atom is 0.356 e. The van der Waals surface area contributed by atoms with Crippen LogP contribution < -0.4 is 10.2 Å². The molecule has 1 spiro atoms. The van der Waals surface area contributed by atoms with E-state index in [1.54, 1.807) is 6.07 Å². The number of nitrogens with one attached hydrogen (secondary N) is 1. The molecule has 9 heteroatoms. The van der Waals surface area contributed by atoms with E-state index in [2.05, 4.69) is 26.2 Å². The first-order valence-corrected chi connectivity index (χ1v) is 13.8. The van der Waals surface area contributed by atoms with Crippen LogP contribution in [0.4, 0.5) is 5.69 Å². The highest BCUT2D eigenvalue weighted by atomic mass is 16.5. The number of para-hydroxylation sites is 1. The van der Waals surface area contributed by atoms with Crippen molar-refractivity contribution in [1.29, 1.82) is 0 Å². The van der Waals surface area contributed by atoms with Gasteiger partial charge in [-0.05, 0) is 56.8 Å². The van der Waals surface area contributed by atoms with E-state index < -0.39 is 11.5 Å². The van der Waals surface area contributed by atoms with Gasteiger partial charge in [-0.2, -0.15) is 0 Å². The number of esters is 1. The Morgan fingerprint density at radius 3 is 2.76 bits per heavy atom. The monoisotopic (exact) mass is 517 g/mol. The molecule has 1 aromatic carbocycles. The molecule has 3 fully saturated rings. The number of hydrogen-bond acceptors (Lipinski definition) is 7. The second kappa shape index (κ2) is 10.1. The fourth-order valence-electron chi connectivity index (χ4n) is 7.16. The lowest BCUT2D eigenvalue weighted by molar-refractivity contribution is -0.138. The van der Waals surface area contributed by atoms with Gasteiger partial charge < -0.3 is 15.0 Å². The van der Waals surface area contributed by atoms with Gasteiger partial charge in [-0.3, -0.25) is 19.4 Å². The van der Waals surface area contributed by atoms with Crippen molar-refractivity contribution in [1.82, 2.24) is 20.1 Å². The van der Waals surface area contributed by atoms with E-state index >= 15 is 0 Å². The minimum absolute atomic E-state index is 0.0114. The number of nitrogens with zero attached hydrogens (tertiary/aromatic N) is 4. The third-order valence-corrected chi connectivity index (χ3v) is 8.73. The van der Waals surface area contributed by atoms with Gasteiger partial charge in [0.25, 0.3) is 5.91 Å². The van der Waals surface area contributed by atoms with Gasteiger partial charge in [0.2, 0.25) is 5.91 Å². The van der Waals surface area contributed by atoms with Crippen molar-refractivity contribution in [2.75, 3.05) is 44.7 Å². The zero-order valence-electron chi connectivity index (χ0n) is 21.9. The number of aromatic nitrogens is 1. The summed E-state index contributed by atoms with van der Waals surface area (Å²) in [5.74, 6) is -0.789. The Hall–Kier alpha value is -3.30. The first-order chi connectivity index (χ1) is 18.5. The van der Waals surface area contributed by atoms with Crippen molar-refractivity contribution in [2.24, 2.45) is 5.92 Å². The molecular formula is C29H35N5O4. The molecule has 4 aliphatic rings. The van der Waals surface area contributed by atoms with Crippen LogP contribution in [0.1, 0.15) is 53.8 Å². The molecule has 3 atom stereocenters. The van der Waals surface area contributed by atoms with Gasteiger partial charge in [0.1, 0.15) is 11.2 Å². The molecule has 4 aliphatic heterocycles. The maximum atomic E-state index is 14.4. The summed E-state index contributed by atoms with van der Waals surface area (Å²) in [4.78, 5) is 51.1. The molecule has 38 heavy (non-hydrogen) atoms. The molecular weight excluding hydrogens is 482 g/mol. The van der Waals surface area contributed by atoms with Crippen molar-refractivity contribution in [3.63, 3.8) is 0 Å². The first kappa shape index (κ1) is 25.0. The molecule has 9 nitrogen and oxygen atoms in total. The number of hydrogen-bond donors (Lipinski definition) is 1. The van der Waals surface area contributed by atoms with Gasteiger partial charge in [0.05, 0.1) is 18.7 Å². The number of anilines is 1. The molecule has 3 saturated heterocycles. The largest absolute Gasteiger partial charge is 0.464 e. The quantitative estimate of drug-likeness (QED) is 0.625. The van der Waals surface area contributed by atoms with Crippen LogP contribution in [0.5, 0.6) is 0 Å². The molecule has 6 rings (SSSR count). The first-order valence-electron chi connectivity index (χ1n) is 13.8. The van der Waals surface area contributed by atoms with Gasteiger partial charge in [-0.25, -0.2) is 9.78 Å². The average molecular weight is 518 g/mol. The average Bonchev–Trinajstić information content (AvgIpc) is 3.59. The van der Waals surface area contributed by atoms with Crippen LogP contribution in [0.2, 0.25) is 0 Å². The maximum absolute atomic E-state index is 14.4. The summed E-state index contributed by atoms with van der Waals surface area (Å²) in [5.41, 5.74) is 2.12. The lowest BCUT2D eigenvalue weighted by Gasteiger charge is -2.37. The van der Waals surface area contributed by atoms with Crippen LogP contribution in [-0.2, 0) is 26.4 Å². The van der Waals surface area contributed by atoms with Gasteiger partial charge in [-0.1, -0.05) is 24.3 Å². The van der Waals surface area contributed by atoms with Gasteiger partial charge in [-0.15, -0.1) is 0 Å². The van der Waals surface area contributed by atoms with Gasteiger partial charge in [0.15, 0.2) is 0 Å². The lowest BCUT2D eigenvalue weighted by atomic mass is 9.78. The van der Waals surface area contributed by atoms with Gasteiger partial charge >= 0.3 is 5.97 Å². The molecule has 0 saturated carbocycles. The topological polar surface area (TPSA) is 95.1 Å². The second-order valence-electron chi connectivity index (χ2n) is 10.8. The highest BCUT2D eigenvalue weighted by Gasteiger charge is 2.66. The van der Waals surface area contributed by atoms with Crippen LogP contribution in [0.3, 0.4) is 0 Å². The second-order valence-corrected chi connectivity index (χ2v) is 10.8. The fraction of sp³-hybridized carbons (Fsp3) is 0.517. The number of benzene rings is 1. The number of pyridine rings is 1. The molecule has 2 amide bonds. The summed E-state index contributed by atoms with van der Waals surface area (Å²) >= 11 is 0. The van der Waals surface area contributed by atoms with E-state index in [4.69, 9.17) is 4.74 Å². The summed E-state index contributed by atoms with van der Waals surface area (Å²) in [6.45, 7) is 4.13.